The lowest BCUT2D eigenvalue weighted by Crippen LogP contribution is -2.12. The Hall–Kier alpha value is -1.84. The van der Waals surface area contributed by atoms with E-state index in [9.17, 15) is 9.59 Å². The number of carbonyl (C=O) groups is 1. The molecule has 2 aromatic rings. The van der Waals surface area contributed by atoms with Gasteiger partial charge in [0.1, 0.15) is 0 Å². The number of Topliss-reactive ketones (excluding diaryl/α,β-unsaturated/α-hetero) is 1. The van der Waals surface area contributed by atoms with Crippen molar-refractivity contribution in [1.82, 2.24) is 4.98 Å². The zero-order valence-corrected chi connectivity index (χ0v) is 9.53. The average Bonchev–Trinajstić information content (AvgIpc) is 3.08. The van der Waals surface area contributed by atoms with E-state index in [0.29, 0.717) is 22.6 Å². The first-order chi connectivity index (χ1) is 8.15. The molecule has 4 nitrogen and oxygen atoms in total. The maximum atomic E-state index is 12.1. The molecule has 1 aliphatic carbocycles. The molecule has 1 aliphatic rings. The highest BCUT2D eigenvalue weighted by molar-refractivity contribution is 6.00. The molecule has 0 radical (unpaired) electrons. The van der Waals surface area contributed by atoms with Crippen LogP contribution in [0.2, 0.25) is 0 Å². The molecule has 3 rings (SSSR count). The van der Waals surface area contributed by atoms with Gasteiger partial charge in [-0.3, -0.25) is 9.78 Å². The van der Waals surface area contributed by atoms with E-state index in [0.717, 1.165) is 12.8 Å². The first-order valence-corrected chi connectivity index (χ1v) is 5.82. The summed E-state index contributed by atoms with van der Waals surface area (Å²) in [5.74, 6) is 0.257. The Balaban J connectivity index is 1.99. The van der Waals surface area contributed by atoms with Crippen molar-refractivity contribution in [3.05, 3.63) is 34.3 Å². The predicted octanol–water partition coefficient (Wildman–Crippen LogP) is 2.35. The van der Waals surface area contributed by atoms with Gasteiger partial charge >= 0.3 is 5.76 Å². The second-order valence-electron chi connectivity index (χ2n) is 4.72. The van der Waals surface area contributed by atoms with Crippen LogP contribution in [0.3, 0.4) is 0 Å². The smallest absolute Gasteiger partial charge is 0.408 e. The SMILES string of the molecule is CC(C(=O)c1ccc2[nH]c(=O)oc2c1)C1CC1. The van der Waals surface area contributed by atoms with Gasteiger partial charge in [0, 0.05) is 11.5 Å². The molecule has 88 valence electrons. The second kappa shape index (κ2) is 3.58. The number of benzene rings is 1. The monoisotopic (exact) mass is 231 g/mol. The number of carbonyl (C=O) groups excluding carboxylic acids is 1. The van der Waals surface area contributed by atoms with Crippen LogP contribution in [0.25, 0.3) is 11.1 Å². The predicted molar refractivity (Wildman–Crippen MR) is 63.1 cm³/mol. The highest BCUT2D eigenvalue weighted by Crippen LogP contribution is 2.38. The Bertz CT molecular complexity index is 633. The summed E-state index contributed by atoms with van der Waals surface area (Å²) >= 11 is 0. The third-order valence-corrected chi connectivity index (χ3v) is 3.45. The molecular weight excluding hydrogens is 218 g/mol. The molecule has 17 heavy (non-hydrogen) atoms. The van der Waals surface area contributed by atoms with Crippen molar-refractivity contribution in [1.29, 1.82) is 0 Å². The lowest BCUT2D eigenvalue weighted by Gasteiger charge is -2.08. The third kappa shape index (κ3) is 1.79. The Kier molecular flexibility index (Phi) is 2.18. The molecule has 1 atom stereocenters. The highest BCUT2D eigenvalue weighted by Gasteiger charge is 2.33. The van der Waals surface area contributed by atoms with Gasteiger partial charge in [0.25, 0.3) is 0 Å². The fourth-order valence-electron chi connectivity index (χ4n) is 2.17. The number of rotatable bonds is 3. The minimum Gasteiger partial charge on any atom is -0.408 e. The standard InChI is InChI=1S/C13H13NO3/c1-7(8-2-3-8)12(15)9-4-5-10-11(6-9)17-13(16)14-10/h4-8H,2-3H2,1H3,(H,14,16). The first kappa shape index (κ1) is 10.3. The van der Waals surface area contributed by atoms with Gasteiger partial charge in [0.2, 0.25) is 0 Å². The van der Waals surface area contributed by atoms with Crippen LogP contribution in [-0.2, 0) is 0 Å². The van der Waals surface area contributed by atoms with Crippen molar-refractivity contribution in [2.45, 2.75) is 19.8 Å². The summed E-state index contributed by atoms with van der Waals surface area (Å²) in [5.41, 5.74) is 1.70. The Labute approximate surface area is 97.6 Å². The van der Waals surface area contributed by atoms with Crippen LogP contribution >= 0.6 is 0 Å². The summed E-state index contributed by atoms with van der Waals surface area (Å²) in [6.45, 7) is 1.97. The van der Waals surface area contributed by atoms with Crippen LogP contribution in [-0.4, -0.2) is 10.8 Å². The number of hydrogen-bond acceptors (Lipinski definition) is 3. The van der Waals surface area contributed by atoms with Crippen molar-refractivity contribution in [2.75, 3.05) is 0 Å². The fourth-order valence-corrected chi connectivity index (χ4v) is 2.17. The summed E-state index contributed by atoms with van der Waals surface area (Å²) in [5, 5.41) is 0. The third-order valence-electron chi connectivity index (χ3n) is 3.45. The first-order valence-electron chi connectivity index (χ1n) is 5.82. The van der Waals surface area contributed by atoms with E-state index >= 15 is 0 Å². The zero-order valence-electron chi connectivity index (χ0n) is 9.53. The number of hydrogen-bond donors (Lipinski definition) is 1. The minimum absolute atomic E-state index is 0.0677. The summed E-state index contributed by atoms with van der Waals surface area (Å²) < 4.78 is 4.95. The zero-order chi connectivity index (χ0) is 12.0. The van der Waals surface area contributed by atoms with Gasteiger partial charge in [-0.25, -0.2) is 4.79 Å². The molecule has 0 spiro atoms. The summed E-state index contributed by atoms with van der Waals surface area (Å²) in [4.78, 5) is 25.7. The van der Waals surface area contributed by atoms with Crippen LogP contribution < -0.4 is 5.76 Å². The molecule has 0 bridgehead atoms. The van der Waals surface area contributed by atoms with Crippen molar-refractivity contribution in [3.8, 4) is 0 Å². The van der Waals surface area contributed by atoms with E-state index in [4.69, 9.17) is 4.42 Å². The Morgan fingerprint density at radius 3 is 2.94 bits per heavy atom. The van der Waals surface area contributed by atoms with Crippen molar-refractivity contribution in [3.63, 3.8) is 0 Å². The maximum absolute atomic E-state index is 12.1. The minimum atomic E-state index is -0.486. The van der Waals surface area contributed by atoms with E-state index in [1.807, 2.05) is 6.92 Å². The average molecular weight is 231 g/mol. The number of fused-ring (bicyclic) bond motifs is 1. The molecule has 4 heteroatoms. The largest absolute Gasteiger partial charge is 0.417 e. The maximum Gasteiger partial charge on any atom is 0.417 e. The van der Waals surface area contributed by atoms with Crippen LogP contribution in [0.15, 0.2) is 27.4 Å². The second-order valence-corrected chi connectivity index (χ2v) is 4.72. The molecule has 0 amide bonds. The van der Waals surface area contributed by atoms with E-state index in [1.165, 1.54) is 0 Å². The lowest BCUT2D eigenvalue weighted by molar-refractivity contribution is 0.0916. The van der Waals surface area contributed by atoms with E-state index < -0.39 is 5.76 Å². The van der Waals surface area contributed by atoms with Crippen LogP contribution in [0.4, 0.5) is 0 Å². The van der Waals surface area contributed by atoms with Crippen molar-refractivity contribution < 1.29 is 9.21 Å². The summed E-state index contributed by atoms with van der Waals surface area (Å²) in [7, 11) is 0. The molecule has 1 fully saturated rings. The van der Waals surface area contributed by atoms with Gasteiger partial charge in [-0.15, -0.1) is 0 Å². The topological polar surface area (TPSA) is 63.1 Å². The Morgan fingerprint density at radius 1 is 1.47 bits per heavy atom. The molecular formula is C13H13NO3. The summed E-state index contributed by atoms with van der Waals surface area (Å²) in [6.07, 6.45) is 2.29. The number of oxazole rings is 1. The fraction of sp³-hybridized carbons (Fsp3) is 0.385. The number of aromatic nitrogens is 1. The molecule has 1 heterocycles. The van der Waals surface area contributed by atoms with Crippen LogP contribution in [0.5, 0.6) is 0 Å². The number of nitrogens with one attached hydrogen (secondary N) is 1. The van der Waals surface area contributed by atoms with Gasteiger partial charge in [-0.1, -0.05) is 6.92 Å². The van der Waals surface area contributed by atoms with Gasteiger partial charge in [0.15, 0.2) is 11.4 Å². The van der Waals surface area contributed by atoms with Crippen LogP contribution in [0.1, 0.15) is 30.1 Å². The number of ketones is 1. The van der Waals surface area contributed by atoms with Crippen molar-refractivity contribution >= 4 is 16.9 Å². The normalized spacial score (nSPS) is 17.2. The van der Waals surface area contributed by atoms with E-state index in [-0.39, 0.29) is 11.7 Å². The number of aromatic amines is 1. The summed E-state index contributed by atoms with van der Waals surface area (Å²) in [6, 6.07) is 5.11. The molecule has 1 saturated carbocycles. The molecule has 1 aromatic carbocycles. The van der Waals surface area contributed by atoms with Gasteiger partial charge in [-0.05, 0) is 37.0 Å². The molecule has 0 aliphatic heterocycles. The molecule has 0 saturated heterocycles. The van der Waals surface area contributed by atoms with E-state index in [2.05, 4.69) is 4.98 Å². The molecule has 1 N–H and O–H groups in total. The quantitative estimate of drug-likeness (QED) is 0.825. The van der Waals surface area contributed by atoms with Crippen molar-refractivity contribution in [2.24, 2.45) is 11.8 Å². The van der Waals surface area contributed by atoms with Gasteiger partial charge < -0.3 is 4.42 Å². The highest BCUT2D eigenvalue weighted by atomic mass is 16.4. The number of H-pyrrole nitrogens is 1. The van der Waals surface area contributed by atoms with Gasteiger partial charge in [0.05, 0.1) is 5.52 Å². The van der Waals surface area contributed by atoms with Crippen LogP contribution in [0, 0.1) is 11.8 Å². The molecule has 1 unspecified atom stereocenters. The molecule has 1 aromatic heterocycles. The van der Waals surface area contributed by atoms with Gasteiger partial charge in [-0.2, -0.15) is 0 Å². The lowest BCUT2D eigenvalue weighted by atomic mass is 9.95. The van der Waals surface area contributed by atoms with E-state index in [1.54, 1.807) is 18.2 Å². The Morgan fingerprint density at radius 2 is 2.24 bits per heavy atom.